The van der Waals surface area contributed by atoms with Gasteiger partial charge in [-0.3, -0.25) is 0 Å². The molecule has 2 atom stereocenters. The molecule has 0 spiro atoms. The topological polar surface area (TPSA) is 15.3 Å². The summed E-state index contributed by atoms with van der Waals surface area (Å²) in [6, 6.07) is 0.736. The molecule has 66 valence electrons. The van der Waals surface area contributed by atoms with Crippen LogP contribution in [0.4, 0.5) is 0 Å². The summed E-state index contributed by atoms with van der Waals surface area (Å²) in [6.45, 7) is 4.77. The molecule has 0 radical (unpaired) electrons. The highest BCUT2D eigenvalue weighted by Crippen LogP contribution is 2.19. The lowest BCUT2D eigenvalue weighted by atomic mass is 9.99. The van der Waals surface area contributed by atoms with Crippen LogP contribution in [-0.4, -0.2) is 38.1 Å². The minimum atomic E-state index is 0.736. The van der Waals surface area contributed by atoms with Gasteiger partial charge in [0.25, 0.3) is 0 Å². The zero-order valence-electron chi connectivity index (χ0n) is 7.93. The molecule has 1 rings (SSSR count). The summed E-state index contributed by atoms with van der Waals surface area (Å²) in [5.74, 6) is 0.884. The molecular formula is C9H20N2. The molecule has 0 saturated carbocycles. The molecule has 0 bridgehead atoms. The van der Waals surface area contributed by atoms with Crippen LogP contribution in [0.2, 0.25) is 0 Å². The highest BCUT2D eigenvalue weighted by atomic mass is 15.2. The molecule has 0 aromatic carbocycles. The fourth-order valence-electron chi connectivity index (χ4n) is 2.08. The van der Waals surface area contributed by atoms with E-state index in [0.717, 1.165) is 12.0 Å². The Balaban J connectivity index is 2.37. The van der Waals surface area contributed by atoms with Gasteiger partial charge in [-0.05, 0) is 26.4 Å². The summed E-state index contributed by atoms with van der Waals surface area (Å²) in [6.07, 6.45) is 2.69. The predicted octanol–water partition coefficient (Wildman–Crippen LogP) is 0.936. The summed E-state index contributed by atoms with van der Waals surface area (Å²) < 4.78 is 0. The van der Waals surface area contributed by atoms with Crippen LogP contribution in [0.1, 0.15) is 19.8 Å². The molecule has 1 fully saturated rings. The Bertz CT molecular complexity index is 114. The van der Waals surface area contributed by atoms with Crippen LogP contribution in [0.25, 0.3) is 0 Å². The van der Waals surface area contributed by atoms with Gasteiger partial charge < -0.3 is 10.2 Å². The van der Waals surface area contributed by atoms with E-state index < -0.39 is 0 Å². The van der Waals surface area contributed by atoms with Crippen LogP contribution in [0.5, 0.6) is 0 Å². The number of nitrogens with zero attached hydrogens (tertiary/aromatic N) is 1. The first-order valence-corrected chi connectivity index (χ1v) is 4.63. The van der Waals surface area contributed by atoms with E-state index in [1.807, 2.05) is 0 Å². The summed E-state index contributed by atoms with van der Waals surface area (Å²) in [4.78, 5) is 2.42. The average Bonchev–Trinajstić information content (AvgIpc) is 2.32. The van der Waals surface area contributed by atoms with Gasteiger partial charge in [0.2, 0.25) is 0 Å². The van der Waals surface area contributed by atoms with Crippen molar-refractivity contribution in [3.8, 4) is 0 Å². The van der Waals surface area contributed by atoms with E-state index in [1.165, 1.54) is 25.9 Å². The minimum Gasteiger partial charge on any atom is -0.315 e. The van der Waals surface area contributed by atoms with Crippen molar-refractivity contribution < 1.29 is 0 Å². The maximum Gasteiger partial charge on any atom is 0.0232 e. The first-order chi connectivity index (χ1) is 5.27. The standard InChI is InChI=1S/C9H20N2/c1-4-5-8-6-11(3)7-9(8)10-2/h8-10H,4-7H2,1-3H3. The molecule has 0 aromatic heterocycles. The molecule has 11 heavy (non-hydrogen) atoms. The molecular weight excluding hydrogens is 136 g/mol. The van der Waals surface area contributed by atoms with Gasteiger partial charge in [-0.25, -0.2) is 0 Å². The Labute approximate surface area is 70.0 Å². The summed E-state index contributed by atoms with van der Waals surface area (Å²) in [7, 11) is 4.28. The first-order valence-electron chi connectivity index (χ1n) is 4.63. The molecule has 1 aliphatic heterocycles. The Morgan fingerprint density at radius 2 is 2.18 bits per heavy atom. The second kappa shape index (κ2) is 4.07. The quantitative estimate of drug-likeness (QED) is 0.654. The van der Waals surface area contributed by atoms with Crippen LogP contribution in [-0.2, 0) is 0 Å². The van der Waals surface area contributed by atoms with E-state index in [-0.39, 0.29) is 0 Å². The van der Waals surface area contributed by atoms with Crippen molar-refractivity contribution in [1.82, 2.24) is 10.2 Å². The maximum atomic E-state index is 3.39. The third-order valence-electron chi connectivity index (χ3n) is 2.65. The van der Waals surface area contributed by atoms with Gasteiger partial charge in [0.1, 0.15) is 0 Å². The Morgan fingerprint density at radius 1 is 1.45 bits per heavy atom. The zero-order chi connectivity index (χ0) is 8.27. The molecule has 0 aromatic rings. The van der Waals surface area contributed by atoms with Gasteiger partial charge in [0.05, 0.1) is 0 Å². The molecule has 2 unspecified atom stereocenters. The smallest absolute Gasteiger partial charge is 0.0232 e. The fraction of sp³-hybridized carbons (Fsp3) is 1.00. The Kier molecular flexibility index (Phi) is 3.34. The summed E-state index contributed by atoms with van der Waals surface area (Å²) >= 11 is 0. The average molecular weight is 156 g/mol. The third-order valence-corrected chi connectivity index (χ3v) is 2.65. The zero-order valence-corrected chi connectivity index (χ0v) is 7.93. The van der Waals surface area contributed by atoms with E-state index in [1.54, 1.807) is 0 Å². The molecule has 2 heteroatoms. The van der Waals surface area contributed by atoms with Crippen molar-refractivity contribution >= 4 is 0 Å². The minimum absolute atomic E-state index is 0.736. The van der Waals surface area contributed by atoms with Crippen molar-refractivity contribution in [2.45, 2.75) is 25.8 Å². The highest BCUT2D eigenvalue weighted by Gasteiger charge is 2.28. The van der Waals surface area contributed by atoms with E-state index in [2.05, 4.69) is 31.2 Å². The lowest BCUT2D eigenvalue weighted by Gasteiger charge is -2.15. The Hall–Kier alpha value is -0.0800. The maximum absolute atomic E-state index is 3.39. The second-order valence-electron chi connectivity index (χ2n) is 3.67. The predicted molar refractivity (Wildman–Crippen MR) is 48.7 cm³/mol. The summed E-state index contributed by atoms with van der Waals surface area (Å²) in [5, 5.41) is 3.39. The van der Waals surface area contributed by atoms with Crippen molar-refractivity contribution in [2.75, 3.05) is 27.2 Å². The molecule has 0 amide bonds. The fourth-order valence-corrected chi connectivity index (χ4v) is 2.08. The number of hydrogen-bond acceptors (Lipinski definition) is 2. The van der Waals surface area contributed by atoms with Crippen LogP contribution in [0.3, 0.4) is 0 Å². The van der Waals surface area contributed by atoms with Crippen molar-refractivity contribution in [3.63, 3.8) is 0 Å². The number of likely N-dealkylation sites (N-methyl/N-ethyl adjacent to an activating group) is 2. The largest absolute Gasteiger partial charge is 0.315 e. The summed E-state index contributed by atoms with van der Waals surface area (Å²) in [5.41, 5.74) is 0. The third kappa shape index (κ3) is 2.17. The van der Waals surface area contributed by atoms with Crippen LogP contribution >= 0.6 is 0 Å². The number of rotatable bonds is 3. The van der Waals surface area contributed by atoms with Gasteiger partial charge in [-0.15, -0.1) is 0 Å². The number of hydrogen-bond donors (Lipinski definition) is 1. The van der Waals surface area contributed by atoms with E-state index >= 15 is 0 Å². The molecule has 0 aliphatic carbocycles. The van der Waals surface area contributed by atoms with E-state index in [9.17, 15) is 0 Å². The molecule has 1 aliphatic rings. The van der Waals surface area contributed by atoms with Crippen molar-refractivity contribution in [2.24, 2.45) is 5.92 Å². The van der Waals surface area contributed by atoms with E-state index in [4.69, 9.17) is 0 Å². The molecule has 1 heterocycles. The van der Waals surface area contributed by atoms with Crippen LogP contribution in [0, 0.1) is 5.92 Å². The van der Waals surface area contributed by atoms with Crippen LogP contribution in [0.15, 0.2) is 0 Å². The second-order valence-corrected chi connectivity index (χ2v) is 3.67. The number of likely N-dealkylation sites (tertiary alicyclic amines) is 1. The van der Waals surface area contributed by atoms with E-state index in [0.29, 0.717) is 0 Å². The van der Waals surface area contributed by atoms with Gasteiger partial charge >= 0.3 is 0 Å². The van der Waals surface area contributed by atoms with Gasteiger partial charge in [-0.1, -0.05) is 13.3 Å². The molecule has 1 saturated heterocycles. The first kappa shape index (κ1) is 9.01. The SMILES string of the molecule is CCCC1CN(C)CC1NC. The van der Waals surface area contributed by atoms with Crippen molar-refractivity contribution in [1.29, 1.82) is 0 Å². The normalized spacial score (nSPS) is 33.0. The van der Waals surface area contributed by atoms with Gasteiger partial charge in [-0.2, -0.15) is 0 Å². The Morgan fingerprint density at radius 3 is 2.73 bits per heavy atom. The van der Waals surface area contributed by atoms with Gasteiger partial charge in [0.15, 0.2) is 0 Å². The molecule has 2 nitrogen and oxygen atoms in total. The monoisotopic (exact) mass is 156 g/mol. The van der Waals surface area contributed by atoms with Crippen LogP contribution < -0.4 is 5.32 Å². The number of nitrogens with one attached hydrogen (secondary N) is 1. The van der Waals surface area contributed by atoms with Gasteiger partial charge in [0, 0.05) is 19.1 Å². The lowest BCUT2D eigenvalue weighted by molar-refractivity contribution is 0.386. The van der Waals surface area contributed by atoms with Crippen molar-refractivity contribution in [3.05, 3.63) is 0 Å². The lowest BCUT2D eigenvalue weighted by Crippen LogP contribution is -2.32. The highest BCUT2D eigenvalue weighted by molar-refractivity contribution is 4.86. The molecule has 1 N–H and O–H groups in total.